The SMILES string of the molecule is Cc1sc(N)nc1C(=NO)C(=O)N[C@H]1C(=O)N2C(C(=O)O)=C(Sc3ccncc3CSCCN)CCC12. The third-order valence-corrected chi connectivity index (χ3v) is 8.95. The van der Waals surface area contributed by atoms with Gasteiger partial charge in [-0.2, -0.15) is 11.8 Å². The highest BCUT2D eigenvalue weighted by molar-refractivity contribution is 8.03. The molecule has 15 heteroatoms. The molecule has 2 aromatic rings. The highest BCUT2D eigenvalue weighted by Gasteiger charge is 2.54. The molecule has 2 aromatic heterocycles. The number of nitrogens with zero attached hydrogens (tertiary/aromatic N) is 4. The van der Waals surface area contributed by atoms with E-state index in [4.69, 9.17) is 11.5 Å². The first kappa shape index (κ1) is 26.9. The fraction of sp³-hybridized carbons (Fsp3) is 0.364. The molecule has 1 fully saturated rings. The molecule has 0 saturated carbocycles. The normalized spacial score (nSPS) is 19.5. The number of thioether (sulfide) groups is 2. The van der Waals surface area contributed by atoms with Crippen molar-refractivity contribution in [3.8, 4) is 0 Å². The predicted octanol–water partition coefficient (Wildman–Crippen LogP) is 1.38. The van der Waals surface area contributed by atoms with Crippen molar-refractivity contribution in [1.82, 2.24) is 20.2 Å². The van der Waals surface area contributed by atoms with E-state index in [-0.39, 0.29) is 22.2 Å². The molecule has 0 bridgehead atoms. The number of nitrogen functional groups attached to an aromatic ring is 1. The third-order valence-electron chi connectivity index (χ3n) is 5.85. The number of aliphatic carboxylic acids is 1. The monoisotopic (exact) mass is 563 g/mol. The summed E-state index contributed by atoms with van der Waals surface area (Å²) >= 11 is 4.11. The summed E-state index contributed by atoms with van der Waals surface area (Å²) in [6.45, 7) is 2.23. The number of fused-ring (bicyclic) bond motifs is 1. The number of hydrogen-bond donors (Lipinski definition) is 5. The van der Waals surface area contributed by atoms with Crippen LogP contribution in [0.2, 0.25) is 0 Å². The molecule has 2 aliphatic rings. The van der Waals surface area contributed by atoms with Crippen LogP contribution in [0.15, 0.2) is 39.1 Å². The van der Waals surface area contributed by atoms with Crippen LogP contribution >= 0.6 is 34.9 Å². The molecule has 4 heterocycles. The number of β-lactam (4-membered cyclic amide) rings is 1. The van der Waals surface area contributed by atoms with Crippen molar-refractivity contribution in [2.24, 2.45) is 10.9 Å². The Morgan fingerprint density at radius 2 is 2.19 bits per heavy atom. The average molecular weight is 564 g/mol. The van der Waals surface area contributed by atoms with Gasteiger partial charge >= 0.3 is 5.97 Å². The topological polar surface area (TPSA) is 197 Å². The molecule has 0 radical (unpaired) electrons. The molecule has 2 aliphatic heterocycles. The first-order chi connectivity index (χ1) is 17.8. The van der Waals surface area contributed by atoms with Crippen LogP contribution in [-0.2, 0) is 20.1 Å². The number of rotatable bonds is 10. The minimum absolute atomic E-state index is 0.0895. The average Bonchev–Trinajstić information content (AvgIpc) is 3.20. The molecule has 2 atom stereocenters. The number of carbonyl (C=O) groups is 3. The van der Waals surface area contributed by atoms with Crippen LogP contribution in [0.3, 0.4) is 0 Å². The van der Waals surface area contributed by atoms with Crippen molar-refractivity contribution in [1.29, 1.82) is 0 Å². The fourth-order valence-electron chi connectivity index (χ4n) is 4.19. The van der Waals surface area contributed by atoms with Gasteiger partial charge in [0.15, 0.2) is 10.8 Å². The molecular weight excluding hydrogens is 538 g/mol. The minimum atomic E-state index is -1.22. The van der Waals surface area contributed by atoms with Crippen LogP contribution < -0.4 is 16.8 Å². The van der Waals surface area contributed by atoms with Crippen LogP contribution in [0.5, 0.6) is 0 Å². The number of anilines is 1. The number of thiazole rings is 1. The Bertz CT molecular complexity index is 1300. The molecule has 0 aromatic carbocycles. The molecule has 0 aliphatic carbocycles. The lowest BCUT2D eigenvalue weighted by Gasteiger charge is -2.50. The van der Waals surface area contributed by atoms with Gasteiger partial charge in [0.05, 0.1) is 6.04 Å². The summed E-state index contributed by atoms with van der Waals surface area (Å²) in [5, 5.41) is 25.2. The smallest absolute Gasteiger partial charge is 0.353 e. The summed E-state index contributed by atoms with van der Waals surface area (Å²) < 4.78 is 0. The second kappa shape index (κ2) is 11.5. The molecule has 1 unspecified atom stereocenters. The van der Waals surface area contributed by atoms with E-state index in [0.29, 0.717) is 34.9 Å². The van der Waals surface area contributed by atoms with Crippen LogP contribution in [0.4, 0.5) is 5.13 Å². The van der Waals surface area contributed by atoms with Gasteiger partial charge < -0.3 is 27.1 Å². The van der Waals surface area contributed by atoms with E-state index in [1.807, 2.05) is 6.07 Å². The van der Waals surface area contributed by atoms with Crippen molar-refractivity contribution in [2.75, 3.05) is 18.0 Å². The maximum absolute atomic E-state index is 13.0. The van der Waals surface area contributed by atoms with E-state index < -0.39 is 29.9 Å². The molecular formula is C22H25N7O5S3. The second-order valence-corrected chi connectivity index (χ2v) is 11.7. The quantitative estimate of drug-likeness (QED) is 0.0920. The van der Waals surface area contributed by atoms with Gasteiger partial charge in [-0.1, -0.05) is 16.9 Å². The Hall–Kier alpha value is -3.14. The Kier molecular flexibility index (Phi) is 8.36. The number of aryl methyl sites for hydroxylation is 1. The Morgan fingerprint density at radius 3 is 2.84 bits per heavy atom. The first-order valence-electron chi connectivity index (χ1n) is 11.2. The Labute approximate surface area is 224 Å². The third kappa shape index (κ3) is 5.44. The van der Waals surface area contributed by atoms with Gasteiger partial charge in [0, 0.05) is 45.1 Å². The van der Waals surface area contributed by atoms with Gasteiger partial charge in [0.2, 0.25) is 0 Å². The van der Waals surface area contributed by atoms with Gasteiger partial charge in [0.1, 0.15) is 17.4 Å². The van der Waals surface area contributed by atoms with Crippen molar-refractivity contribution in [3.05, 3.63) is 45.2 Å². The summed E-state index contributed by atoms with van der Waals surface area (Å²) in [5.41, 5.74) is 11.9. The van der Waals surface area contributed by atoms with E-state index in [1.54, 1.807) is 31.1 Å². The van der Waals surface area contributed by atoms with E-state index in [1.165, 1.54) is 16.7 Å². The molecule has 7 N–H and O–H groups in total. The standard InChI is InChI=1S/C22H25N7O5S3/c1-10-15(27-22(24)36-10)17(28-34)19(30)26-16-12-2-3-14(18(21(32)33)29(12)20(16)31)37-13-4-6-25-8-11(13)9-35-7-5-23/h4,6,8,12,16,34H,2-3,5,7,9,23H2,1H3,(H2,24,27)(H,26,30)(H,32,33)/t12?,16-/m1/s1. The fourth-order valence-corrected chi connectivity index (χ4v) is 6.89. The van der Waals surface area contributed by atoms with E-state index in [2.05, 4.69) is 20.4 Å². The van der Waals surface area contributed by atoms with E-state index in [9.17, 15) is 24.7 Å². The summed E-state index contributed by atoms with van der Waals surface area (Å²) in [4.78, 5) is 49.5. The van der Waals surface area contributed by atoms with Crippen LogP contribution in [-0.4, -0.2) is 73.1 Å². The number of hydrogen-bond acceptors (Lipinski definition) is 12. The number of carbonyl (C=O) groups excluding carboxylic acids is 2. The number of aromatic nitrogens is 2. The second-order valence-electron chi connectivity index (χ2n) is 8.17. The number of oxime groups is 1. The van der Waals surface area contributed by atoms with E-state index in [0.717, 1.165) is 27.5 Å². The number of nitrogens with two attached hydrogens (primary N) is 2. The number of pyridine rings is 1. The Morgan fingerprint density at radius 1 is 1.41 bits per heavy atom. The molecule has 37 heavy (non-hydrogen) atoms. The number of carboxylic acids is 1. The molecule has 4 rings (SSSR count). The predicted molar refractivity (Wildman–Crippen MR) is 141 cm³/mol. The lowest BCUT2D eigenvalue weighted by molar-refractivity contribution is -0.155. The summed E-state index contributed by atoms with van der Waals surface area (Å²) in [6.07, 6.45) is 4.25. The first-order valence-corrected chi connectivity index (χ1v) is 14.0. The van der Waals surface area contributed by atoms with Crippen molar-refractivity contribution < 1.29 is 24.7 Å². The zero-order valence-corrected chi connectivity index (χ0v) is 22.2. The molecule has 196 valence electrons. The Balaban J connectivity index is 1.52. The lowest BCUT2D eigenvalue weighted by atomic mass is 9.86. The largest absolute Gasteiger partial charge is 0.477 e. The molecule has 2 amide bonds. The summed E-state index contributed by atoms with van der Waals surface area (Å²) in [5.74, 6) is -1.09. The van der Waals surface area contributed by atoms with Gasteiger partial charge in [-0.3, -0.25) is 19.5 Å². The van der Waals surface area contributed by atoms with Gasteiger partial charge in [-0.05, 0) is 31.4 Å². The van der Waals surface area contributed by atoms with Crippen molar-refractivity contribution in [2.45, 2.75) is 42.5 Å². The van der Waals surface area contributed by atoms with Crippen molar-refractivity contribution in [3.63, 3.8) is 0 Å². The highest BCUT2D eigenvalue weighted by atomic mass is 32.2. The number of nitrogens with one attached hydrogen (secondary N) is 1. The summed E-state index contributed by atoms with van der Waals surface area (Å²) in [6, 6.07) is 0.335. The van der Waals surface area contributed by atoms with Gasteiger partial charge in [-0.15, -0.1) is 11.3 Å². The zero-order valence-electron chi connectivity index (χ0n) is 19.7. The maximum Gasteiger partial charge on any atom is 0.353 e. The van der Waals surface area contributed by atoms with Crippen molar-refractivity contribution >= 4 is 63.5 Å². The van der Waals surface area contributed by atoms with Crippen LogP contribution in [0.25, 0.3) is 0 Å². The molecule has 0 spiro atoms. The lowest BCUT2D eigenvalue weighted by Crippen LogP contribution is -2.72. The minimum Gasteiger partial charge on any atom is -0.477 e. The van der Waals surface area contributed by atoms with Crippen LogP contribution in [0, 0.1) is 6.92 Å². The van der Waals surface area contributed by atoms with Gasteiger partial charge in [-0.25, -0.2) is 9.78 Å². The zero-order chi connectivity index (χ0) is 26.7. The number of amides is 2. The summed E-state index contributed by atoms with van der Waals surface area (Å²) in [7, 11) is 0. The molecule has 1 saturated heterocycles. The van der Waals surface area contributed by atoms with E-state index >= 15 is 0 Å². The number of carboxylic acid groups (broad SMARTS) is 1. The van der Waals surface area contributed by atoms with Crippen LogP contribution in [0.1, 0.15) is 29.0 Å². The number of allylic oxidation sites excluding steroid dienone is 1. The highest BCUT2D eigenvalue weighted by Crippen LogP contribution is 2.44. The van der Waals surface area contributed by atoms with Gasteiger partial charge in [0.25, 0.3) is 11.8 Å². The maximum atomic E-state index is 13.0. The molecule has 12 nitrogen and oxygen atoms in total.